The van der Waals surface area contributed by atoms with Gasteiger partial charge in [-0.05, 0) is 6.07 Å². The summed E-state index contributed by atoms with van der Waals surface area (Å²) >= 11 is 0. The molecule has 0 spiro atoms. The number of nitrogens with zero attached hydrogens (tertiary/aromatic N) is 1. The molecule has 0 unspecified atom stereocenters. The van der Waals surface area contributed by atoms with Crippen molar-refractivity contribution in [3.05, 3.63) is 45.9 Å². The van der Waals surface area contributed by atoms with E-state index in [1.165, 1.54) is 6.07 Å². The van der Waals surface area contributed by atoms with Crippen molar-refractivity contribution < 1.29 is 23.1 Å². The van der Waals surface area contributed by atoms with E-state index >= 15 is 0 Å². The van der Waals surface area contributed by atoms with E-state index in [0.717, 1.165) is 23.7 Å². The minimum Gasteiger partial charge on any atom is -0.478 e. The average Bonchev–Trinajstić information content (AvgIpc) is 2.31. The number of carboxylic acid groups (broad SMARTS) is 1. The number of fused-ring (bicyclic) bond motifs is 1. The van der Waals surface area contributed by atoms with Gasteiger partial charge in [0.25, 0.3) is 5.56 Å². The smallest absolute Gasteiger partial charge is 0.418 e. The molecule has 4 nitrogen and oxygen atoms in total. The molecule has 100 valence electrons. The Morgan fingerprint density at radius 1 is 1.32 bits per heavy atom. The highest BCUT2D eigenvalue weighted by atomic mass is 19.4. The highest BCUT2D eigenvalue weighted by Gasteiger charge is 2.34. The molecule has 0 atom stereocenters. The maximum atomic E-state index is 12.9. The van der Waals surface area contributed by atoms with Crippen molar-refractivity contribution in [3.63, 3.8) is 0 Å². The number of aryl methyl sites for hydroxylation is 1. The summed E-state index contributed by atoms with van der Waals surface area (Å²) in [5.41, 5.74) is -2.25. The second-order valence-electron chi connectivity index (χ2n) is 3.99. The first-order chi connectivity index (χ1) is 8.73. The fraction of sp³-hybridized carbons (Fsp3) is 0.167. The van der Waals surface area contributed by atoms with Crippen LogP contribution >= 0.6 is 0 Å². The van der Waals surface area contributed by atoms with E-state index in [-0.39, 0.29) is 0 Å². The van der Waals surface area contributed by atoms with Gasteiger partial charge in [0.15, 0.2) is 0 Å². The van der Waals surface area contributed by atoms with Gasteiger partial charge in [-0.15, -0.1) is 0 Å². The molecule has 0 saturated heterocycles. The van der Waals surface area contributed by atoms with Crippen molar-refractivity contribution in [1.29, 1.82) is 0 Å². The van der Waals surface area contributed by atoms with Crippen LogP contribution in [0.25, 0.3) is 10.8 Å². The Morgan fingerprint density at radius 3 is 2.47 bits per heavy atom. The van der Waals surface area contributed by atoms with Crippen molar-refractivity contribution in [1.82, 2.24) is 4.57 Å². The number of alkyl halides is 3. The lowest BCUT2D eigenvalue weighted by Gasteiger charge is -2.13. The highest BCUT2D eigenvalue weighted by molar-refractivity contribution is 6.04. The molecule has 0 aliphatic carbocycles. The van der Waals surface area contributed by atoms with Crippen LogP contribution in [0.2, 0.25) is 0 Å². The molecule has 1 heterocycles. The molecule has 0 fully saturated rings. The van der Waals surface area contributed by atoms with Gasteiger partial charge >= 0.3 is 12.1 Å². The summed E-state index contributed by atoms with van der Waals surface area (Å²) in [6, 6.07) is 3.37. The molecule has 1 aromatic heterocycles. The van der Waals surface area contributed by atoms with Gasteiger partial charge in [0.2, 0.25) is 0 Å². The summed E-state index contributed by atoms with van der Waals surface area (Å²) in [5.74, 6) is -1.44. The Hall–Kier alpha value is -2.31. The van der Waals surface area contributed by atoms with Crippen LogP contribution in [0.5, 0.6) is 0 Å². The van der Waals surface area contributed by atoms with Crippen molar-refractivity contribution in [2.45, 2.75) is 6.18 Å². The van der Waals surface area contributed by atoms with Crippen molar-refractivity contribution >= 4 is 16.7 Å². The summed E-state index contributed by atoms with van der Waals surface area (Å²) in [6.45, 7) is 0. The van der Waals surface area contributed by atoms with E-state index in [1.807, 2.05) is 0 Å². The normalized spacial score (nSPS) is 11.8. The zero-order valence-corrected chi connectivity index (χ0v) is 9.65. The van der Waals surface area contributed by atoms with Gasteiger partial charge in [-0.3, -0.25) is 4.79 Å². The molecular weight excluding hydrogens is 263 g/mol. The van der Waals surface area contributed by atoms with Crippen molar-refractivity contribution in [2.24, 2.45) is 7.05 Å². The van der Waals surface area contributed by atoms with Crippen LogP contribution in [-0.2, 0) is 13.2 Å². The summed E-state index contributed by atoms with van der Waals surface area (Å²) in [7, 11) is 1.15. The first kappa shape index (κ1) is 13.1. The Labute approximate surface area is 104 Å². The summed E-state index contributed by atoms with van der Waals surface area (Å²) in [6.07, 6.45) is -4.00. The molecule has 0 saturated carbocycles. The molecular formula is C12H8F3NO3. The number of halogens is 3. The highest BCUT2D eigenvalue weighted by Crippen LogP contribution is 2.34. The van der Waals surface area contributed by atoms with Crippen molar-refractivity contribution in [3.8, 4) is 0 Å². The van der Waals surface area contributed by atoms with Crippen LogP contribution in [0.1, 0.15) is 15.9 Å². The maximum Gasteiger partial charge on any atom is 0.418 e. The standard InChI is InChI=1S/C12H8F3NO3/c1-16-5-8(12(13,14)15)6-3-2-4-7(11(18)19)9(6)10(16)17/h2-5H,1H3,(H,18,19). The Morgan fingerprint density at radius 2 is 1.95 bits per heavy atom. The van der Waals surface area contributed by atoms with Gasteiger partial charge in [-0.25, -0.2) is 4.79 Å². The van der Waals surface area contributed by atoms with Gasteiger partial charge in [-0.1, -0.05) is 12.1 Å². The Balaban J connectivity index is 3.06. The number of benzene rings is 1. The van der Waals surface area contributed by atoms with Gasteiger partial charge < -0.3 is 9.67 Å². The molecule has 1 aromatic carbocycles. The van der Waals surface area contributed by atoms with Crippen molar-refractivity contribution in [2.75, 3.05) is 0 Å². The van der Waals surface area contributed by atoms with E-state index in [9.17, 15) is 22.8 Å². The molecule has 0 aliphatic heterocycles. The topological polar surface area (TPSA) is 59.3 Å². The van der Waals surface area contributed by atoms with Crippen LogP contribution in [0.15, 0.2) is 29.2 Å². The summed E-state index contributed by atoms with van der Waals surface area (Å²) in [4.78, 5) is 22.9. The summed E-state index contributed by atoms with van der Waals surface area (Å²) in [5, 5.41) is 8.12. The molecule has 1 N–H and O–H groups in total. The zero-order chi connectivity index (χ0) is 14.4. The van der Waals surface area contributed by atoms with Crippen LogP contribution < -0.4 is 5.56 Å². The molecule has 2 aromatic rings. The van der Waals surface area contributed by atoms with Crippen LogP contribution in [-0.4, -0.2) is 15.6 Å². The third kappa shape index (κ3) is 2.07. The largest absolute Gasteiger partial charge is 0.478 e. The summed E-state index contributed by atoms with van der Waals surface area (Å²) < 4.78 is 39.4. The minimum absolute atomic E-state index is 0.407. The molecule has 0 radical (unpaired) electrons. The van der Waals surface area contributed by atoms with Gasteiger partial charge in [0, 0.05) is 18.6 Å². The SMILES string of the molecule is Cn1cc(C(F)(F)F)c2cccc(C(=O)O)c2c1=O. The molecule has 19 heavy (non-hydrogen) atoms. The van der Waals surface area contributed by atoms with Gasteiger partial charge in [0.1, 0.15) is 0 Å². The third-order valence-corrected chi connectivity index (χ3v) is 2.75. The lowest BCUT2D eigenvalue weighted by atomic mass is 10.0. The molecule has 7 heteroatoms. The number of carboxylic acids is 1. The minimum atomic E-state index is -4.67. The average molecular weight is 271 g/mol. The van der Waals surface area contributed by atoms with E-state index in [1.54, 1.807) is 0 Å². The second-order valence-corrected chi connectivity index (χ2v) is 3.99. The van der Waals surface area contributed by atoms with Gasteiger partial charge in [-0.2, -0.15) is 13.2 Å². The van der Waals surface area contributed by atoms with E-state index in [4.69, 9.17) is 5.11 Å². The predicted octanol–water partition coefficient (Wildman–Crippen LogP) is 2.26. The molecule has 0 amide bonds. The lowest BCUT2D eigenvalue weighted by Crippen LogP contribution is -2.22. The quantitative estimate of drug-likeness (QED) is 0.865. The van der Waals surface area contributed by atoms with E-state index < -0.39 is 39.6 Å². The predicted molar refractivity (Wildman–Crippen MR) is 61.2 cm³/mol. The molecule has 2 rings (SSSR count). The molecule has 0 bridgehead atoms. The van der Waals surface area contributed by atoms with E-state index in [2.05, 4.69) is 0 Å². The molecule has 0 aliphatic rings. The van der Waals surface area contributed by atoms with Crippen LogP contribution in [0.3, 0.4) is 0 Å². The number of carbonyl (C=O) groups is 1. The number of rotatable bonds is 1. The third-order valence-electron chi connectivity index (χ3n) is 2.75. The van der Waals surface area contributed by atoms with E-state index in [0.29, 0.717) is 6.20 Å². The second kappa shape index (κ2) is 4.11. The first-order valence-corrected chi connectivity index (χ1v) is 5.16. The van der Waals surface area contributed by atoms with Crippen LogP contribution in [0.4, 0.5) is 13.2 Å². The Kier molecular flexibility index (Phi) is 2.84. The fourth-order valence-corrected chi connectivity index (χ4v) is 1.91. The number of aromatic carboxylic acids is 1. The number of aromatic nitrogens is 1. The number of hydrogen-bond donors (Lipinski definition) is 1. The number of hydrogen-bond acceptors (Lipinski definition) is 2. The number of pyridine rings is 1. The fourth-order valence-electron chi connectivity index (χ4n) is 1.91. The Bertz CT molecular complexity index is 731. The maximum absolute atomic E-state index is 12.9. The zero-order valence-electron chi connectivity index (χ0n) is 9.65. The first-order valence-electron chi connectivity index (χ1n) is 5.16. The monoisotopic (exact) mass is 271 g/mol. The lowest BCUT2D eigenvalue weighted by molar-refractivity contribution is -0.136. The van der Waals surface area contributed by atoms with Gasteiger partial charge in [0.05, 0.1) is 16.5 Å². The van der Waals surface area contributed by atoms with Crippen LogP contribution in [0, 0.1) is 0 Å².